The number of nitrogens with zero attached hydrogens (tertiary/aromatic N) is 5. The number of aromatic nitrogens is 2. The number of nitro groups is 1. The summed E-state index contributed by atoms with van der Waals surface area (Å²) >= 11 is 0. The van der Waals surface area contributed by atoms with E-state index >= 15 is 0 Å². The van der Waals surface area contributed by atoms with Crippen molar-refractivity contribution in [3.63, 3.8) is 0 Å². The Morgan fingerprint density at radius 2 is 1.74 bits per heavy atom. The number of ether oxygens (including phenoxy) is 1. The number of hydrogen-bond acceptors (Lipinski definition) is 8. The number of morpholine rings is 1. The summed E-state index contributed by atoms with van der Waals surface area (Å²) in [5.74, 6) is 1.29. The third-order valence-electron chi connectivity index (χ3n) is 6.05. The van der Waals surface area contributed by atoms with Gasteiger partial charge in [-0.2, -0.15) is 9.97 Å². The second kappa shape index (κ2) is 9.05. The molecule has 2 aliphatic heterocycles. The SMILES string of the molecule is C[C@@H]1CN(c2nc(N3CCC(Cc4ccccc4)CC3)nc(N)c2[N+](=O)[O-])C[C@@H](C)O1. The Bertz CT molecular complexity index is 907. The molecule has 2 aliphatic rings. The maximum atomic E-state index is 11.7. The van der Waals surface area contributed by atoms with E-state index in [1.165, 1.54) is 5.56 Å². The Labute approximate surface area is 182 Å². The zero-order valence-electron chi connectivity index (χ0n) is 18.1. The number of nitrogens with two attached hydrogens (primary N) is 1. The van der Waals surface area contributed by atoms with Gasteiger partial charge in [-0.15, -0.1) is 0 Å². The maximum Gasteiger partial charge on any atom is 0.353 e. The number of rotatable bonds is 5. The highest BCUT2D eigenvalue weighted by Crippen LogP contribution is 2.35. The first kappa shape index (κ1) is 21.3. The van der Waals surface area contributed by atoms with Crippen molar-refractivity contribution in [1.82, 2.24) is 9.97 Å². The van der Waals surface area contributed by atoms with Gasteiger partial charge in [0.1, 0.15) is 0 Å². The van der Waals surface area contributed by atoms with Crippen molar-refractivity contribution in [2.24, 2.45) is 5.92 Å². The Hall–Kier alpha value is -2.94. The maximum absolute atomic E-state index is 11.7. The molecule has 31 heavy (non-hydrogen) atoms. The Morgan fingerprint density at radius 1 is 1.10 bits per heavy atom. The monoisotopic (exact) mass is 426 g/mol. The van der Waals surface area contributed by atoms with Gasteiger partial charge in [0.05, 0.1) is 17.1 Å². The molecule has 2 aromatic rings. The lowest BCUT2D eigenvalue weighted by Crippen LogP contribution is -2.46. The first-order chi connectivity index (χ1) is 14.9. The number of hydrogen-bond donors (Lipinski definition) is 1. The van der Waals surface area contributed by atoms with Crippen LogP contribution in [0.3, 0.4) is 0 Å². The standard InChI is InChI=1S/C22H30N6O3/c1-15-13-27(14-16(2)31-15)21-19(28(29)30)20(23)24-22(25-21)26-10-8-18(9-11-26)12-17-6-4-3-5-7-17/h3-7,15-16,18H,8-14H2,1-2H3,(H2,23,24,25)/t15-,16-/m1/s1. The number of piperidine rings is 1. The van der Waals surface area contributed by atoms with Gasteiger partial charge in [-0.1, -0.05) is 30.3 Å². The molecule has 9 heteroatoms. The highest BCUT2D eigenvalue weighted by Gasteiger charge is 2.33. The largest absolute Gasteiger partial charge is 0.378 e. The van der Waals surface area contributed by atoms with Crippen LogP contribution in [0.25, 0.3) is 0 Å². The summed E-state index contributed by atoms with van der Waals surface area (Å²) in [6.07, 6.45) is 3.02. The first-order valence-corrected chi connectivity index (χ1v) is 10.9. The van der Waals surface area contributed by atoms with Crippen LogP contribution in [0.1, 0.15) is 32.3 Å². The van der Waals surface area contributed by atoms with E-state index in [0.717, 1.165) is 32.4 Å². The molecule has 166 valence electrons. The molecule has 0 radical (unpaired) electrons. The van der Waals surface area contributed by atoms with Crippen LogP contribution in [0, 0.1) is 16.0 Å². The van der Waals surface area contributed by atoms with E-state index in [1.54, 1.807) is 0 Å². The van der Waals surface area contributed by atoms with Gasteiger partial charge in [-0.3, -0.25) is 10.1 Å². The van der Waals surface area contributed by atoms with E-state index in [-0.39, 0.29) is 23.7 Å². The second-order valence-corrected chi connectivity index (χ2v) is 8.62. The molecule has 2 N–H and O–H groups in total. The molecule has 0 saturated carbocycles. The minimum Gasteiger partial charge on any atom is -0.378 e. The van der Waals surface area contributed by atoms with Crippen LogP contribution in [0.2, 0.25) is 0 Å². The molecule has 1 aromatic heterocycles. The van der Waals surface area contributed by atoms with Crippen LogP contribution in [0.5, 0.6) is 0 Å². The fraction of sp³-hybridized carbons (Fsp3) is 0.545. The quantitative estimate of drug-likeness (QED) is 0.574. The van der Waals surface area contributed by atoms with Crippen molar-refractivity contribution in [2.45, 2.75) is 45.3 Å². The molecule has 0 unspecified atom stereocenters. The summed E-state index contributed by atoms with van der Waals surface area (Å²) in [5.41, 5.74) is 7.20. The van der Waals surface area contributed by atoms with Crippen LogP contribution >= 0.6 is 0 Å². The topological polar surface area (TPSA) is 111 Å². The second-order valence-electron chi connectivity index (χ2n) is 8.62. The molecule has 2 fully saturated rings. The van der Waals surface area contributed by atoms with Gasteiger partial charge in [0.2, 0.25) is 17.6 Å². The Kier molecular flexibility index (Phi) is 6.22. The van der Waals surface area contributed by atoms with Crippen LogP contribution in [-0.2, 0) is 11.2 Å². The van der Waals surface area contributed by atoms with Gasteiger partial charge >= 0.3 is 5.69 Å². The predicted molar refractivity (Wildman–Crippen MR) is 120 cm³/mol. The highest BCUT2D eigenvalue weighted by atomic mass is 16.6. The lowest BCUT2D eigenvalue weighted by atomic mass is 9.90. The van der Waals surface area contributed by atoms with Gasteiger partial charge in [-0.25, -0.2) is 0 Å². The van der Waals surface area contributed by atoms with E-state index in [9.17, 15) is 10.1 Å². The predicted octanol–water partition coefficient (Wildman–Crippen LogP) is 3.04. The lowest BCUT2D eigenvalue weighted by molar-refractivity contribution is -0.383. The minimum atomic E-state index is -0.481. The van der Waals surface area contributed by atoms with Crippen molar-refractivity contribution >= 4 is 23.3 Å². The van der Waals surface area contributed by atoms with Crippen molar-refractivity contribution in [3.8, 4) is 0 Å². The van der Waals surface area contributed by atoms with Gasteiger partial charge in [0, 0.05) is 26.2 Å². The average molecular weight is 427 g/mol. The van der Waals surface area contributed by atoms with Crippen LogP contribution < -0.4 is 15.5 Å². The summed E-state index contributed by atoms with van der Waals surface area (Å²) in [6.45, 7) is 6.59. The molecule has 2 atom stereocenters. The normalized spacial score (nSPS) is 22.5. The van der Waals surface area contributed by atoms with Crippen molar-refractivity contribution in [1.29, 1.82) is 0 Å². The minimum absolute atomic E-state index is 0.0447. The van der Waals surface area contributed by atoms with Crippen LogP contribution in [-0.4, -0.2) is 53.3 Å². The molecule has 0 bridgehead atoms. The van der Waals surface area contributed by atoms with Gasteiger partial charge in [0.25, 0.3) is 0 Å². The van der Waals surface area contributed by atoms with E-state index in [2.05, 4.69) is 39.1 Å². The van der Waals surface area contributed by atoms with Crippen molar-refractivity contribution < 1.29 is 9.66 Å². The molecule has 0 spiro atoms. The molecule has 1 aromatic carbocycles. The first-order valence-electron chi connectivity index (χ1n) is 10.9. The smallest absolute Gasteiger partial charge is 0.353 e. The molecular formula is C22H30N6O3. The summed E-state index contributed by atoms with van der Waals surface area (Å²) in [7, 11) is 0. The van der Waals surface area contributed by atoms with Gasteiger partial charge in [-0.05, 0) is 44.6 Å². The fourth-order valence-corrected chi connectivity index (χ4v) is 4.62. The van der Waals surface area contributed by atoms with Gasteiger partial charge in [0.15, 0.2) is 0 Å². The number of nitrogen functional groups attached to an aromatic ring is 1. The Balaban J connectivity index is 1.52. The van der Waals surface area contributed by atoms with Crippen LogP contribution in [0.15, 0.2) is 30.3 Å². The summed E-state index contributed by atoms with van der Waals surface area (Å²) in [6, 6.07) is 10.5. The molecule has 0 aliphatic carbocycles. The highest BCUT2D eigenvalue weighted by molar-refractivity contribution is 5.71. The third-order valence-corrected chi connectivity index (χ3v) is 6.05. The summed E-state index contributed by atoms with van der Waals surface area (Å²) in [5, 5.41) is 11.7. The summed E-state index contributed by atoms with van der Waals surface area (Å²) in [4.78, 5) is 24.2. The van der Waals surface area contributed by atoms with Gasteiger partial charge < -0.3 is 20.3 Å². The molecule has 9 nitrogen and oxygen atoms in total. The molecule has 2 saturated heterocycles. The number of anilines is 3. The van der Waals surface area contributed by atoms with E-state index in [1.807, 2.05) is 24.8 Å². The lowest BCUT2D eigenvalue weighted by Gasteiger charge is -2.36. The van der Waals surface area contributed by atoms with E-state index in [0.29, 0.717) is 30.8 Å². The van der Waals surface area contributed by atoms with Crippen molar-refractivity contribution in [2.75, 3.05) is 41.7 Å². The zero-order valence-corrected chi connectivity index (χ0v) is 18.1. The summed E-state index contributed by atoms with van der Waals surface area (Å²) < 4.78 is 5.78. The van der Waals surface area contributed by atoms with E-state index in [4.69, 9.17) is 10.5 Å². The van der Waals surface area contributed by atoms with E-state index < -0.39 is 4.92 Å². The third kappa shape index (κ3) is 4.87. The van der Waals surface area contributed by atoms with Crippen LogP contribution in [0.4, 0.5) is 23.3 Å². The Morgan fingerprint density at radius 3 is 2.35 bits per heavy atom. The number of benzene rings is 1. The molecular weight excluding hydrogens is 396 g/mol. The van der Waals surface area contributed by atoms with Crippen molar-refractivity contribution in [3.05, 3.63) is 46.0 Å². The molecule has 4 rings (SSSR count). The molecule has 3 heterocycles. The zero-order chi connectivity index (χ0) is 22.0. The fourth-order valence-electron chi connectivity index (χ4n) is 4.62. The average Bonchev–Trinajstić information content (AvgIpc) is 2.73. The molecule has 0 amide bonds.